The van der Waals surface area contributed by atoms with Crippen molar-refractivity contribution in [3.05, 3.63) is 110 Å². The maximum atomic E-state index is 12.5. The molecule has 4 aromatic rings. The minimum atomic E-state index is -0.411. The van der Waals surface area contributed by atoms with Crippen LogP contribution in [0.5, 0.6) is 0 Å². The van der Waals surface area contributed by atoms with E-state index in [-0.39, 0.29) is 11.3 Å². The fourth-order valence-electron chi connectivity index (χ4n) is 3.75. The molecule has 0 bridgehead atoms. The highest BCUT2D eigenvalue weighted by Crippen LogP contribution is 2.30. The lowest BCUT2D eigenvalue weighted by Gasteiger charge is -2.11. The zero-order valence-electron chi connectivity index (χ0n) is 19.6. The highest BCUT2D eigenvalue weighted by Gasteiger charge is 2.14. The van der Waals surface area contributed by atoms with E-state index in [0.29, 0.717) is 6.54 Å². The summed E-state index contributed by atoms with van der Waals surface area (Å²) in [6.07, 6.45) is 1.63. The summed E-state index contributed by atoms with van der Waals surface area (Å²) in [4.78, 5) is 25.9. The van der Waals surface area contributed by atoms with Crippen LogP contribution in [0.2, 0.25) is 0 Å². The number of hydrogen-bond acceptors (Lipinski definition) is 6. The number of carbonyl (C=O) groups excluding carboxylic acids is 1. The quantitative estimate of drug-likeness (QED) is 0.126. The van der Waals surface area contributed by atoms with E-state index in [1.807, 2.05) is 67.8 Å². The number of nitro benzene ring substituents is 1. The molecule has 7 nitrogen and oxygen atoms in total. The Morgan fingerprint density at radius 3 is 2.39 bits per heavy atom. The van der Waals surface area contributed by atoms with Gasteiger partial charge in [-0.05, 0) is 79.4 Å². The zero-order valence-corrected chi connectivity index (χ0v) is 21.2. The van der Waals surface area contributed by atoms with Crippen LogP contribution < -0.4 is 5.32 Å². The van der Waals surface area contributed by atoms with Crippen molar-refractivity contribution in [3.8, 4) is 11.8 Å². The lowest BCUT2D eigenvalue weighted by atomic mass is 10.1. The summed E-state index contributed by atoms with van der Waals surface area (Å²) < 4.78 is 2.07. The standard InChI is InChI=1S/C27H22N4O3S2/c1-18-14-20(15-21(16-28)27(32)29-17-26-4-3-13-35-26)19(2)30(18)22-5-9-24(10-6-22)36-25-11-7-23(8-12-25)31(33)34/h3-15H,17H2,1-2H3,(H,29,32)/b21-15-. The monoisotopic (exact) mass is 514 g/mol. The van der Waals surface area contributed by atoms with Gasteiger partial charge in [0.2, 0.25) is 0 Å². The van der Waals surface area contributed by atoms with E-state index in [0.717, 1.165) is 37.3 Å². The van der Waals surface area contributed by atoms with Crippen LogP contribution in [0.1, 0.15) is 21.8 Å². The van der Waals surface area contributed by atoms with E-state index in [2.05, 4.69) is 9.88 Å². The maximum Gasteiger partial charge on any atom is 0.269 e. The van der Waals surface area contributed by atoms with Crippen LogP contribution >= 0.6 is 23.1 Å². The summed E-state index contributed by atoms with van der Waals surface area (Å²) in [5.74, 6) is -0.400. The fourth-order valence-corrected chi connectivity index (χ4v) is 5.21. The predicted octanol–water partition coefficient (Wildman–Crippen LogP) is 6.44. The lowest BCUT2D eigenvalue weighted by molar-refractivity contribution is -0.384. The molecule has 2 aromatic heterocycles. The van der Waals surface area contributed by atoms with Gasteiger partial charge in [-0.3, -0.25) is 14.9 Å². The van der Waals surface area contributed by atoms with Gasteiger partial charge in [0.15, 0.2) is 0 Å². The van der Waals surface area contributed by atoms with Crippen LogP contribution in [0.3, 0.4) is 0 Å². The Hall–Kier alpha value is -4.13. The molecule has 1 N–H and O–H groups in total. The van der Waals surface area contributed by atoms with E-state index in [4.69, 9.17) is 0 Å². The van der Waals surface area contributed by atoms with Crippen LogP contribution in [0.25, 0.3) is 11.8 Å². The molecule has 2 aromatic carbocycles. The van der Waals surface area contributed by atoms with E-state index in [9.17, 15) is 20.2 Å². The van der Waals surface area contributed by atoms with Crippen LogP contribution in [-0.2, 0) is 11.3 Å². The number of hydrogen-bond donors (Lipinski definition) is 1. The lowest BCUT2D eigenvalue weighted by Crippen LogP contribution is -2.23. The summed E-state index contributed by atoms with van der Waals surface area (Å²) in [5.41, 5.74) is 3.78. The molecule has 0 atom stereocenters. The molecule has 0 aliphatic heterocycles. The SMILES string of the molecule is Cc1cc(/C=C(/C#N)C(=O)NCc2cccs2)c(C)n1-c1ccc(Sc2ccc([N+](=O)[O-])cc2)cc1. The Morgan fingerprint density at radius 1 is 1.14 bits per heavy atom. The van der Waals surface area contributed by atoms with Crippen molar-refractivity contribution < 1.29 is 9.72 Å². The third kappa shape index (κ3) is 5.74. The van der Waals surface area contributed by atoms with E-state index < -0.39 is 10.8 Å². The number of rotatable bonds is 8. The molecule has 9 heteroatoms. The Bertz CT molecular complexity index is 1460. The number of non-ortho nitro benzene ring substituents is 1. The fraction of sp³-hybridized carbons (Fsp3) is 0.111. The molecule has 36 heavy (non-hydrogen) atoms. The number of benzene rings is 2. The smallest absolute Gasteiger partial charge is 0.269 e. The van der Waals surface area contributed by atoms with Gasteiger partial charge in [0.1, 0.15) is 11.6 Å². The second-order valence-electron chi connectivity index (χ2n) is 7.94. The van der Waals surface area contributed by atoms with Gasteiger partial charge >= 0.3 is 0 Å². The Labute approximate surface area is 216 Å². The molecule has 180 valence electrons. The Morgan fingerprint density at radius 2 is 1.81 bits per heavy atom. The van der Waals surface area contributed by atoms with Gasteiger partial charge in [0.25, 0.3) is 11.6 Å². The molecule has 0 aliphatic carbocycles. The number of aromatic nitrogens is 1. The number of thiophene rings is 1. The Kier molecular flexibility index (Phi) is 7.68. The van der Waals surface area contributed by atoms with Crippen molar-refractivity contribution >= 4 is 40.8 Å². The maximum absolute atomic E-state index is 12.5. The minimum absolute atomic E-state index is 0.0571. The van der Waals surface area contributed by atoms with Crippen molar-refractivity contribution in [3.63, 3.8) is 0 Å². The van der Waals surface area contributed by atoms with Gasteiger partial charge < -0.3 is 9.88 Å². The highest BCUT2D eigenvalue weighted by atomic mass is 32.2. The molecular formula is C27H22N4O3S2. The molecule has 2 heterocycles. The van der Waals surface area contributed by atoms with Crippen LogP contribution in [0.4, 0.5) is 5.69 Å². The number of aryl methyl sites for hydroxylation is 1. The van der Waals surface area contributed by atoms with E-state index >= 15 is 0 Å². The largest absolute Gasteiger partial charge is 0.347 e. The number of nitriles is 1. The second kappa shape index (κ2) is 11.1. The van der Waals surface area contributed by atoms with Gasteiger partial charge in [0.05, 0.1) is 11.5 Å². The molecule has 0 saturated carbocycles. The number of nitro groups is 1. The third-order valence-corrected chi connectivity index (χ3v) is 7.41. The minimum Gasteiger partial charge on any atom is -0.347 e. The van der Waals surface area contributed by atoms with Gasteiger partial charge in [-0.15, -0.1) is 11.3 Å². The first-order chi connectivity index (χ1) is 17.4. The van der Waals surface area contributed by atoms with E-state index in [1.54, 1.807) is 29.5 Å². The first-order valence-electron chi connectivity index (χ1n) is 11.0. The Balaban J connectivity index is 1.50. The first-order valence-corrected chi connectivity index (χ1v) is 12.7. The molecule has 0 saturated heterocycles. The molecule has 0 fully saturated rings. The van der Waals surface area contributed by atoms with E-state index in [1.165, 1.54) is 23.9 Å². The highest BCUT2D eigenvalue weighted by molar-refractivity contribution is 7.99. The van der Waals surface area contributed by atoms with Gasteiger partial charge in [-0.1, -0.05) is 17.8 Å². The zero-order chi connectivity index (χ0) is 25.7. The summed E-state index contributed by atoms with van der Waals surface area (Å²) in [5, 5.41) is 25.2. The van der Waals surface area contributed by atoms with Crippen LogP contribution in [-0.4, -0.2) is 15.4 Å². The molecule has 0 aliphatic rings. The molecule has 0 spiro atoms. The van der Waals surface area contributed by atoms with Crippen molar-refractivity contribution in [2.45, 2.75) is 30.2 Å². The summed E-state index contributed by atoms with van der Waals surface area (Å²) in [6.45, 7) is 4.32. The molecular weight excluding hydrogens is 492 g/mol. The molecule has 0 radical (unpaired) electrons. The molecule has 0 unspecified atom stereocenters. The van der Waals surface area contributed by atoms with Gasteiger partial charge in [-0.2, -0.15) is 5.26 Å². The van der Waals surface area contributed by atoms with Crippen molar-refractivity contribution in [2.75, 3.05) is 0 Å². The van der Waals surface area contributed by atoms with Gasteiger partial charge in [0, 0.05) is 43.9 Å². The second-order valence-corrected chi connectivity index (χ2v) is 10.1. The topological polar surface area (TPSA) is 101 Å². The first kappa shape index (κ1) is 25.0. The number of carbonyl (C=O) groups is 1. The summed E-state index contributed by atoms with van der Waals surface area (Å²) >= 11 is 3.07. The molecule has 1 amide bonds. The summed E-state index contributed by atoms with van der Waals surface area (Å²) in [7, 11) is 0. The van der Waals surface area contributed by atoms with Gasteiger partial charge in [-0.25, -0.2) is 0 Å². The van der Waals surface area contributed by atoms with Crippen LogP contribution in [0, 0.1) is 35.3 Å². The predicted molar refractivity (Wildman–Crippen MR) is 142 cm³/mol. The van der Waals surface area contributed by atoms with Crippen molar-refractivity contribution in [1.29, 1.82) is 5.26 Å². The number of nitrogens with zero attached hydrogens (tertiary/aromatic N) is 3. The molecule has 4 rings (SSSR count). The van der Waals surface area contributed by atoms with Crippen molar-refractivity contribution in [1.82, 2.24) is 9.88 Å². The number of amides is 1. The average molecular weight is 515 g/mol. The normalized spacial score (nSPS) is 11.2. The number of nitrogens with one attached hydrogen (secondary N) is 1. The summed E-state index contributed by atoms with van der Waals surface area (Å²) in [6, 6.07) is 22.3. The average Bonchev–Trinajstić information content (AvgIpc) is 3.49. The van der Waals surface area contributed by atoms with Crippen LogP contribution in [0.15, 0.2) is 87.5 Å². The third-order valence-electron chi connectivity index (χ3n) is 5.52. The van der Waals surface area contributed by atoms with Crippen molar-refractivity contribution in [2.24, 2.45) is 0 Å².